The molecule has 0 radical (unpaired) electrons. The standard InChI is InChI=1S/C28H34F4N4O4/c1-27(2,39)19-11-22(21(30)12-20(19)29)40-28(3,4)26(38)35-16-9-17-6-7-18(10-16)36(17)24-8-5-15(13-33-24)25(37)34-14-23(31)32/h5,8,11-13,16-18,23,39H,6-7,9-10,14H2,1-4H3,(H,34,37)(H,35,38). The second kappa shape index (κ2) is 11.2. The summed E-state index contributed by atoms with van der Waals surface area (Å²) >= 11 is 0. The van der Waals surface area contributed by atoms with Gasteiger partial charge in [0, 0.05) is 36.0 Å². The predicted octanol–water partition coefficient (Wildman–Crippen LogP) is 4.06. The molecule has 2 aromatic rings. The first kappa shape index (κ1) is 29.6. The number of benzene rings is 1. The highest BCUT2D eigenvalue weighted by Gasteiger charge is 2.43. The van der Waals surface area contributed by atoms with Gasteiger partial charge in [-0.1, -0.05) is 0 Å². The van der Waals surface area contributed by atoms with Crippen LogP contribution < -0.4 is 20.3 Å². The van der Waals surface area contributed by atoms with E-state index in [0.717, 1.165) is 18.9 Å². The van der Waals surface area contributed by atoms with E-state index in [2.05, 4.69) is 20.5 Å². The fourth-order valence-electron chi connectivity index (χ4n) is 5.37. The zero-order valence-electron chi connectivity index (χ0n) is 22.8. The molecule has 2 fully saturated rings. The minimum atomic E-state index is -2.64. The Bertz CT molecular complexity index is 1240. The lowest BCUT2D eigenvalue weighted by molar-refractivity contribution is -0.135. The van der Waals surface area contributed by atoms with E-state index in [1.54, 1.807) is 12.1 Å². The number of hydrogen-bond acceptors (Lipinski definition) is 6. The fourth-order valence-corrected chi connectivity index (χ4v) is 5.37. The summed E-state index contributed by atoms with van der Waals surface area (Å²) in [5.41, 5.74) is -3.03. The molecule has 2 aliphatic heterocycles. The Hall–Kier alpha value is -3.41. The normalized spacial score (nSPS) is 20.9. The van der Waals surface area contributed by atoms with Crippen LogP contribution in [-0.4, -0.2) is 58.6 Å². The molecule has 2 saturated heterocycles. The minimum Gasteiger partial charge on any atom is -0.475 e. The number of amides is 2. The van der Waals surface area contributed by atoms with Crippen LogP contribution in [0.25, 0.3) is 0 Å². The van der Waals surface area contributed by atoms with Gasteiger partial charge in [0.15, 0.2) is 17.2 Å². The summed E-state index contributed by atoms with van der Waals surface area (Å²) in [6.07, 6.45) is 1.75. The summed E-state index contributed by atoms with van der Waals surface area (Å²) in [7, 11) is 0. The average Bonchev–Trinajstić information content (AvgIpc) is 3.13. The molecule has 8 nitrogen and oxygen atoms in total. The number of nitrogens with zero attached hydrogens (tertiary/aromatic N) is 2. The van der Waals surface area contributed by atoms with E-state index < -0.39 is 47.6 Å². The zero-order chi connectivity index (χ0) is 29.4. The van der Waals surface area contributed by atoms with Gasteiger partial charge in [0.25, 0.3) is 18.2 Å². The number of piperidine rings is 1. The van der Waals surface area contributed by atoms with Crippen LogP contribution in [0.4, 0.5) is 23.4 Å². The lowest BCUT2D eigenvalue weighted by atomic mass is 9.95. The van der Waals surface area contributed by atoms with Crippen LogP contribution in [0.5, 0.6) is 5.75 Å². The van der Waals surface area contributed by atoms with Crippen molar-refractivity contribution < 1.29 is 37.0 Å². The van der Waals surface area contributed by atoms with Gasteiger partial charge in [0.05, 0.1) is 17.7 Å². The van der Waals surface area contributed by atoms with Crippen LogP contribution in [0.2, 0.25) is 0 Å². The molecule has 2 bridgehead atoms. The van der Waals surface area contributed by atoms with Crippen LogP contribution in [-0.2, 0) is 10.4 Å². The van der Waals surface area contributed by atoms with Crippen molar-refractivity contribution >= 4 is 17.6 Å². The SMILES string of the molecule is CC(C)(Oc1cc(C(C)(C)O)c(F)cc1F)C(=O)NC1CC2CCC(C1)N2c1ccc(C(=O)NCC(F)F)cn1. The number of carbonyl (C=O) groups is 2. The van der Waals surface area contributed by atoms with Crippen molar-refractivity contribution in [3.63, 3.8) is 0 Å². The van der Waals surface area contributed by atoms with Crippen molar-refractivity contribution in [1.29, 1.82) is 0 Å². The summed E-state index contributed by atoms with van der Waals surface area (Å²) in [4.78, 5) is 31.8. The Morgan fingerprint density at radius 1 is 1.10 bits per heavy atom. The van der Waals surface area contributed by atoms with Crippen LogP contribution >= 0.6 is 0 Å². The molecule has 1 aromatic carbocycles. The average molecular weight is 567 g/mol. The molecule has 0 spiro atoms. The van der Waals surface area contributed by atoms with Crippen LogP contribution in [0.1, 0.15) is 69.3 Å². The number of pyridine rings is 1. The van der Waals surface area contributed by atoms with Gasteiger partial charge in [-0.05, 0) is 71.6 Å². The van der Waals surface area contributed by atoms with Crippen molar-refractivity contribution in [3.05, 3.63) is 53.2 Å². The van der Waals surface area contributed by atoms with Gasteiger partial charge >= 0.3 is 0 Å². The number of halogens is 4. The Morgan fingerprint density at radius 2 is 1.75 bits per heavy atom. The van der Waals surface area contributed by atoms with Gasteiger partial charge in [-0.25, -0.2) is 22.5 Å². The second-order valence-electron chi connectivity index (χ2n) is 11.4. The Labute approximate surface area is 230 Å². The topological polar surface area (TPSA) is 104 Å². The number of aromatic nitrogens is 1. The van der Waals surface area contributed by atoms with E-state index in [-0.39, 0.29) is 35.0 Å². The Kier molecular flexibility index (Phi) is 8.30. The van der Waals surface area contributed by atoms with E-state index >= 15 is 0 Å². The fraction of sp³-hybridized carbons (Fsp3) is 0.536. The maximum atomic E-state index is 14.5. The third-order valence-corrected chi connectivity index (χ3v) is 7.35. The molecule has 3 N–H and O–H groups in total. The number of aliphatic hydroxyl groups is 1. The summed E-state index contributed by atoms with van der Waals surface area (Å²) < 4.78 is 59.1. The number of rotatable bonds is 9. The number of hydrogen-bond donors (Lipinski definition) is 3. The van der Waals surface area contributed by atoms with Crippen molar-refractivity contribution in [2.45, 2.75) is 89.1 Å². The molecule has 2 aliphatic rings. The maximum absolute atomic E-state index is 14.5. The molecule has 2 atom stereocenters. The van der Waals surface area contributed by atoms with Gasteiger partial charge < -0.3 is 25.4 Å². The first-order valence-electron chi connectivity index (χ1n) is 13.2. The number of nitrogens with one attached hydrogen (secondary N) is 2. The molecule has 2 amide bonds. The number of anilines is 1. The maximum Gasteiger partial charge on any atom is 0.263 e. The molecular weight excluding hydrogens is 532 g/mol. The largest absolute Gasteiger partial charge is 0.475 e. The molecule has 0 aliphatic carbocycles. The van der Waals surface area contributed by atoms with Gasteiger partial charge in [0.1, 0.15) is 11.6 Å². The Morgan fingerprint density at radius 3 is 2.30 bits per heavy atom. The van der Waals surface area contributed by atoms with Gasteiger partial charge in [0.2, 0.25) is 0 Å². The molecule has 40 heavy (non-hydrogen) atoms. The molecule has 12 heteroatoms. The van der Waals surface area contributed by atoms with Gasteiger partial charge in [-0.15, -0.1) is 0 Å². The minimum absolute atomic E-state index is 0.0861. The van der Waals surface area contributed by atoms with Crippen molar-refractivity contribution in [3.8, 4) is 5.75 Å². The lowest BCUT2D eigenvalue weighted by Crippen LogP contribution is -2.55. The van der Waals surface area contributed by atoms with E-state index in [1.165, 1.54) is 33.9 Å². The van der Waals surface area contributed by atoms with Crippen LogP contribution in [0, 0.1) is 11.6 Å². The van der Waals surface area contributed by atoms with Crippen molar-refractivity contribution in [2.24, 2.45) is 0 Å². The van der Waals surface area contributed by atoms with Crippen LogP contribution in [0.15, 0.2) is 30.5 Å². The molecule has 2 unspecified atom stereocenters. The summed E-state index contributed by atoms with van der Waals surface area (Å²) in [5.74, 6) is -2.66. The predicted molar refractivity (Wildman–Crippen MR) is 139 cm³/mol. The zero-order valence-corrected chi connectivity index (χ0v) is 22.8. The molecule has 3 heterocycles. The van der Waals surface area contributed by atoms with Crippen molar-refractivity contribution in [1.82, 2.24) is 15.6 Å². The quantitative estimate of drug-likeness (QED) is 0.396. The number of alkyl halides is 2. The first-order valence-corrected chi connectivity index (χ1v) is 13.2. The van der Waals surface area contributed by atoms with Crippen molar-refractivity contribution in [2.75, 3.05) is 11.4 Å². The highest BCUT2D eigenvalue weighted by Crippen LogP contribution is 2.39. The number of carbonyl (C=O) groups excluding carboxylic acids is 2. The van der Waals surface area contributed by atoms with Crippen LogP contribution in [0.3, 0.4) is 0 Å². The van der Waals surface area contributed by atoms with E-state index in [0.29, 0.717) is 24.7 Å². The van der Waals surface area contributed by atoms with E-state index in [9.17, 15) is 32.3 Å². The monoisotopic (exact) mass is 566 g/mol. The summed E-state index contributed by atoms with van der Waals surface area (Å²) in [6, 6.07) is 4.94. The third kappa shape index (κ3) is 6.48. The molecule has 0 saturated carbocycles. The van der Waals surface area contributed by atoms with E-state index in [1.807, 2.05) is 0 Å². The van der Waals surface area contributed by atoms with E-state index in [4.69, 9.17) is 4.74 Å². The Balaban J connectivity index is 1.39. The highest BCUT2D eigenvalue weighted by atomic mass is 19.3. The third-order valence-electron chi connectivity index (χ3n) is 7.35. The lowest BCUT2D eigenvalue weighted by Gasteiger charge is -2.40. The molecule has 1 aromatic heterocycles. The highest BCUT2D eigenvalue weighted by molar-refractivity contribution is 5.94. The van der Waals surface area contributed by atoms with Gasteiger partial charge in [-0.2, -0.15) is 0 Å². The number of fused-ring (bicyclic) bond motifs is 2. The molecule has 4 rings (SSSR count). The van der Waals surface area contributed by atoms with Gasteiger partial charge in [-0.3, -0.25) is 9.59 Å². The smallest absolute Gasteiger partial charge is 0.263 e. The summed E-state index contributed by atoms with van der Waals surface area (Å²) in [6.45, 7) is 4.97. The summed E-state index contributed by atoms with van der Waals surface area (Å²) in [5, 5.41) is 15.4. The second-order valence-corrected chi connectivity index (χ2v) is 11.4. The molecule has 218 valence electrons. The molecular formula is C28H34F4N4O4. The number of ether oxygens (including phenoxy) is 1. The first-order chi connectivity index (χ1) is 18.7.